The molecular weight excluding hydrogens is 160 g/mol. The van der Waals surface area contributed by atoms with E-state index in [1.165, 1.54) is 0 Å². The lowest BCUT2D eigenvalue weighted by Crippen LogP contribution is -2.15. The minimum absolute atomic E-state index is 0.404. The highest BCUT2D eigenvalue weighted by Gasteiger charge is 2.23. The van der Waals surface area contributed by atoms with Crippen LogP contribution < -0.4 is 0 Å². The van der Waals surface area contributed by atoms with Crippen molar-refractivity contribution in [1.82, 2.24) is 0 Å². The molecule has 0 saturated heterocycles. The van der Waals surface area contributed by atoms with Crippen molar-refractivity contribution < 1.29 is 0 Å². The summed E-state index contributed by atoms with van der Waals surface area (Å²) in [5.41, 5.74) is 0.404. The molecule has 68 valence electrons. The Hall–Kier alpha value is -0.303. The van der Waals surface area contributed by atoms with Crippen LogP contribution in [0.1, 0.15) is 20.8 Å². The summed E-state index contributed by atoms with van der Waals surface area (Å²) < 4.78 is 0. The second-order valence-corrected chi connectivity index (χ2v) is 8.05. The van der Waals surface area contributed by atoms with Crippen LogP contribution in [0, 0.1) is 11.3 Å². The molecule has 0 saturated carbocycles. The van der Waals surface area contributed by atoms with Gasteiger partial charge in [-0.25, -0.2) is 0 Å². The molecule has 1 aliphatic carbocycles. The van der Waals surface area contributed by atoms with Crippen molar-refractivity contribution in [3.63, 3.8) is 0 Å². The standard InChI is InChI=1S/C11H20Si/c1-11(2,3)9-6-7-10(8-9)12(4)5/h6-9,12H,1-5H3. The molecule has 0 N–H and O–H groups in total. The number of rotatable bonds is 1. The Morgan fingerprint density at radius 2 is 1.83 bits per heavy atom. The fraction of sp³-hybridized carbons (Fsp3) is 0.636. The molecule has 0 aromatic rings. The van der Waals surface area contributed by atoms with E-state index >= 15 is 0 Å². The van der Waals surface area contributed by atoms with Gasteiger partial charge in [-0.15, -0.1) is 0 Å². The van der Waals surface area contributed by atoms with Crippen LogP contribution in [0.4, 0.5) is 0 Å². The first-order valence-corrected chi connectivity index (χ1v) is 7.70. The Morgan fingerprint density at radius 3 is 2.08 bits per heavy atom. The van der Waals surface area contributed by atoms with E-state index in [4.69, 9.17) is 0 Å². The van der Waals surface area contributed by atoms with E-state index in [1.807, 2.05) is 0 Å². The van der Waals surface area contributed by atoms with E-state index in [-0.39, 0.29) is 0 Å². The second kappa shape index (κ2) is 3.21. The average Bonchev–Trinajstić information content (AvgIpc) is 2.30. The van der Waals surface area contributed by atoms with Crippen LogP contribution in [0.5, 0.6) is 0 Å². The maximum atomic E-state index is 2.47. The number of hydrogen-bond acceptors (Lipinski definition) is 0. The fourth-order valence-electron chi connectivity index (χ4n) is 1.46. The van der Waals surface area contributed by atoms with Crippen LogP contribution in [0.15, 0.2) is 23.4 Å². The lowest BCUT2D eigenvalue weighted by molar-refractivity contribution is 0.346. The van der Waals surface area contributed by atoms with Crippen molar-refractivity contribution in [3.8, 4) is 0 Å². The fourth-order valence-corrected chi connectivity index (χ4v) is 2.55. The molecule has 0 fully saturated rings. The van der Waals surface area contributed by atoms with Gasteiger partial charge in [-0.2, -0.15) is 0 Å². The van der Waals surface area contributed by atoms with Crippen molar-refractivity contribution >= 4 is 8.80 Å². The lowest BCUT2D eigenvalue weighted by atomic mass is 9.82. The maximum absolute atomic E-state index is 2.47. The van der Waals surface area contributed by atoms with Crippen LogP contribution in [-0.2, 0) is 0 Å². The van der Waals surface area contributed by atoms with Crippen molar-refractivity contribution in [1.29, 1.82) is 0 Å². The molecule has 0 aromatic carbocycles. The van der Waals surface area contributed by atoms with Crippen LogP contribution in [-0.4, -0.2) is 8.80 Å². The summed E-state index contributed by atoms with van der Waals surface area (Å²) in [5.74, 6) is 0.669. The van der Waals surface area contributed by atoms with Gasteiger partial charge in [0.15, 0.2) is 0 Å². The number of hydrogen-bond donors (Lipinski definition) is 0. The first-order chi connectivity index (χ1) is 5.41. The van der Waals surface area contributed by atoms with Gasteiger partial charge < -0.3 is 0 Å². The molecule has 0 nitrogen and oxygen atoms in total. The Bertz CT molecular complexity index is 216. The Kier molecular flexibility index (Phi) is 2.62. The topological polar surface area (TPSA) is 0 Å². The van der Waals surface area contributed by atoms with Gasteiger partial charge in [0, 0.05) is 5.92 Å². The van der Waals surface area contributed by atoms with Gasteiger partial charge in [-0.05, 0) is 5.41 Å². The molecule has 0 bridgehead atoms. The van der Waals surface area contributed by atoms with Gasteiger partial charge in [0.2, 0.25) is 0 Å². The van der Waals surface area contributed by atoms with Gasteiger partial charge in [0.1, 0.15) is 0 Å². The van der Waals surface area contributed by atoms with Gasteiger partial charge in [-0.1, -0.05) is 57.3 Å². The summed E-state index contributed by atoms with van der Waals surface area (Å²) in [4.78, 5) is 0. The van der Waals surface area contributed by atoms with E-state index in [0.717, 1.165) is 0 Å². The molecule has 12 heavy (non-hydrogen) atoms. The third-order valence-electron chi connectivity index (χ3n) is 2.53. The minimum atomic E-state index is -0.559. The Balaban J connectivity index is 2.74. The lowest BCUT2D eigenvalue weighted by Gasteiger charge is -2.23. The summed E-state index contributed by atoms with van der Waals surface area (Å²) >= 11 is 0. The highest BCUT2D eigenvalue weighted by Crippen LogP contribution is 2.33. The van der Waals surface area contributed by atoms with E-state index in [2.05, 4.69) is 52.1 Å². The summed E-state index contributed by atoms with van der Waals surface area (Å²) in [6.45, 7) is 11.7. The minimum Gasteiger partial charge on any atom is -0.0782 e. The van der Waals surface area contributed by atoms with Crippen molar-refractivity contribution in [3.05, 3.63) is 23.4 Å². The number of allylic oxidation sites excluding steroid dienone is 4. The SMILES string of the molecule is C[SiH](C)C1=CC(C(C)(C)C)C=C1. The van der Waals surface area contributed by atoms with Gasteiger partial charge in [0.25, 0.3) is 0 Å². The van der Waals surface area contributed by atoms with E-state index in [1.54, 1.807) is 5.20 Å². The zero-order chi connectivity index (χ0) is 9.35. The molecule has 1 unspecified atom stereocenters. The Morgan fingerprint density at radius 1 is 1.25 bits per heavy atom. The first kappa shape index (κ1) is 9.78. The summed E-state index contributed by atoms with van der Waals surface area (Å²) in [7, 11) is -0.559. The second-order valence-electron chi connectivity index (χ2n) is 5.07. The molecule has 0 radical (unpaired) electrons. The summed E-state index contributed by atoms with van der Waals surface area (Å²) in [6, 6.07) is 0. The van der Waals surface area contributed by atoms with Gasteiger partial charge in [-0.3, -0.25) is 0 Å². The van der Waals surface area contributed by atoms with Crippen molar-refractivity contribution in [2.45, 2.75) is 33.9 Å². The molecule has 0 aromatic heterocycles. The van der Waals surface area contributed by atoms with E-state index in [0.29, 0.717) is 11.3 Å². The van der Waals surface area contributed by atoms with Crippen LogP contribution in [0.2, 0.25) is 13.1 Å². The predicted octanol–water partition coefficient (Wildman–Crippen LogP) is 3.17. The molecular formula is C11H20Si. The zero-order valence-electron chi connectivity index (χ0n) is 8.89. The van der Waals surface area contributed by atoms with Crippen molar-refractivity contribution in [2.75, 3.05) is 0 Å². The molecule has 1 rings (SSSR count). The monoisotopic (exact) mass is 180 g/mol. The third kappa shape index (κ3) is 2.10. The van der Waals surface area contributed by atoms with Crippen LogP contribution in [0.3, 0.4) is 0 Å². The molecule has 0 heterocycles. The van der Waals surface area contributed by atoms with Gasteiger partial charge >= 0.3 is 0 Å². The normalized spacial score (nSPS) is 23.5. The smallest absolute Gasteiger partial charge is 0.0643 e. The maximum Gasteiger partial charge on any atom is 0.0643 e. The first-order valence-electron chi connectivity index (χ1n) is 4.81. The molecule has 1 aliphatic rings. The van der Waals surface area contributed by atoms with Gasteiger partial charge in [0.05, 0.1) is 8.80 Å². The highest BCUT2D eigenvalue weighted by molar-refractivity contribution is 6.65. The van der Waals surface area contributed by atoms with Crippen LogP contribution in [0.25, 0.3) is 0 Å². The summed E-state index contributed by atoms with van der Waals surface area (Å²) in [6.07, 6.45) is 7.17. The largest absolute Gasteiger partial charge is 0.0782 e. The molecule has 0 aliphatic heterocycles. The predicted molar refractivity (Wildman–Crippen MR) is 59.0 cm³/mol. The summed E-state index contributed by atoms with van der Waals surface area (Å²) in [5, 5.41) is 1.63. The Labute approximate surface area is 78.0 Å². The average molecular weight is 180 g/mol. The molecule has 1 heteroatoms. The third-order valence-corrected chi connectivity index (χ3v) is 4.25. The van der Waals surface area contributed by atoms with Crippen molar-refractivity contribution in [2.24, 2.45) is 11.3 Å². The quantitative estimate of drug-likeness (QED) is 0.544. The zero-order valence-corrected chi connectivity index (χ0v) is 10.0. The molecule has 1 atom stereocenters. The van der Waals surface area contributed by atoms with E-state index in [9.17, 15) is 0 Å². The molecule has 0 amide bonds. The highest BCUT2D eigenvalue weighted by atomic mass is 28.3. The molecule has 0 spiro atoms. The van der Waals surface area contributed by atoms with E-state index < -0.39 is 8.80 Å². The van der Waals surface area contributed by atoms with Crippen LogP contribution >= 0.6 is 0 Å².